The number of hydrogen-bond donors (Lipinski definition) is 2. The molecule has 0 aliphatic carbocycles. The number of carboxylic acids is 1. The molecule has 1 aromatic carbocycles. The lowest BCUT2D eigenvalue weighted by atomic mass is 9.74. The normalized spacial score (nSPS) is 17.0. The SMILES string of the molecule is CC1(C)COc2cc(CNC(C)(C)C(C)(C)C(=O)O)ccc21. The number of rotatable bonds is 5. The molecule has 0 saturated carbocycles. The topological polar surface area (TPSA) is 58.6 Å². The molecular formula is C18H27NO3. The molecule has 0 atom stereocenters. The number of benzene rings is 1. The third kappa shape index (κ3) is 2.84. The van der Waals surface area contributed by atoms with Gasteiger partial charge in [-0.05, 0) is 39.3 Å². The molecule has 0 saturated heterocycles. The third-order valence-corrected chi connectivity index (χ3v) is 5.20. The van der Waals surface area contributed by atoms with Crippen LogP contribution in [0.2, 0.25) is 0 Å². The number of hydrogen-bond acceptors (Lipinski definition) is 3. The van der Waals surface area contributed by atoms with Gasteiger partial charge in [-0.1, -0.05) is 26.0 Å². The van der Waals surface area contributed by atoms with Crippen LogP contribution in [-0.2, 0) is 16.8 Å². The summed E-state index contributed by atoms with van der Waals surface area (Å²) in [6.07, 6.45) is 0. The summed E-state index contributed by atoms with van der Waals surface area (Å²) in [4.78, 5) is 11.4. The first-order valence-electron chi connectivity index (χ1n) is 7.72. The molecule has 1 aromatic rings. The second-order valence-corrected chi connectivity index (χ2v) is 7.91. The summed E-state index contributed by atoms with van der Waals surface area (Å²) in [6.45, 7) is 13.0. The second kappa shape index (κ2) is 5.27. The van der Waals surface area contributed by atoms with Crippen molar-refractivity contribution in [3.8, 4) is 5.75 Å². The number of aliphatic carboxylic acids is 1. The van der Waals surface area contributed by atoms with Crippen molar-refractivity contribution in [1.29, 1.82) is 0 Å². The summed E-state index contributed by atoms with van der Waals surface area (Å²) < 4.78 is 5.77. The largest absolute Gasteiger partial charge is 0.492 e. The first-order chi connectivity index (χ1) is 9.97. The van der Waals surface area contributed by atoms with E-state index in [0.29, 0.717) is 13.2 Å². The van der Waals surface area contributed by atoms with E-state index in [0.717, 1.165) is 11.3 Å². The quantitative estimate of drug-likeness (QED) is 0.876. The fourth-order valence-corrected chi connectivity index (χ4v) is 2.50. The molecule has 0 bridgehead atoms. The van der Waals surface area contributed by atoms with E-state index in [1.54, 1.807) is 13.8 Å². The minimum Gasteiger partial charge on any atom is -0.492 e. The Morgan fingerprint density at radius 1 is 1.32 bits per heavy atom. The number of ether oxygens (including phenoxy) is 1. The van der Waals surface area contributed by atoms with Crippen molar-refractivity contribution in [3.63, 3.8) is 0 Å². The molecule has 1 aliphatic heterocycles. The number of carboxylic acid groups (broad SMARTS) is 1. The average molecular weight is 305 g/mol. The maximum absolute atomic E-state index is 11.4. The maximum Gasteiger partial charge on any atom is 0.310 e. The molecule has 2 N–H and O–H groups in total. The van der Waals surface area contributed by atoms with E-state index in [2.05, 4.69) is 37.4 Å². The van der Waals surface area contributed by atoms with Gasteiger partial charge >= 0.3 is 5.97 Å². The van der Waals surface area contributed by atoms with E-state index in [1.165, 1.54) is 5.56 Å². The molecule has 0 aromatic heterocycles. The van der Waals surface area contributed by atoms with Crippen molar-refractivity contribution >= 4 is 5.97 Å². The van der Waals surface area contributed by atoms with Gasteiger partial charge in [-0.25, -0.2) is 0 Å². The van der Waals surface area contributed by atoms with Gasteiger partial charge in [0.05, 0.1) is 12.0 Å². The summed E-state index contributed by atoms with van der Waals surface area (Å²) in [5, 5.41) is 12.8. The van der Waals surface area contributed by atoms with Crippen molar-refractivity contribution < 1.29 is 14.6 Å². The van der Waals surface area contributed by atoms with Crippen LogP contribution >= 0.6 is 0 Å². The Balaban J connectivity index is 2.12. The molecule has 0 fully saturated rings. The molecule has 0 spiro atoms. The van der Waals surface area contributed by atoms with Crippen LogP contribution in [0.25, 0.3) is 0 Å². The average Bonchev–Trinajstić information content (AvgIpc) is 2.72. The molecular weight excluding hydrogens is 278 g/mol. The van der Waals surface area contributed by atoms with Crippen molar-refractivity contribution in [2.24, 2.45) is 5.41 Å². The van der Waals surface area contributed by atoms with Crippen molar-refractivity contribution in [3.05, 3.63) is 29.3 Å². The Morgan fingerprint density at radius 3 is 2.55 bits per heavy atom. The van der Waals surface area contributed by atoms with Gasteiger partial charge in [0.2, 0.25) is 0 Å². The zero-order chi connectivity index (χ0) is 16.8. The molecule has 1 aliphatic rings. The van der Waals surface area contributed by atoms with Crippen molar-refractivity contribution in [1.82, 2.24) is 5.32 Å². The smallest absolute Gasteiger partial charge is 0.310 e. The van der Waals surface area contributed by atoms with E-state index < -0.39 is 16.9 Å². The van der Waals surface area contributed by atoms with Crippen LogP contribution in [0.5, 0.6) is 5.75 Å². The van der Waals surface area contributed by atoms with Crippen LogP contribution in [-0.4, -0.2) is 23.2 Å². The third-order valence-electron chi connectivity index (χ3n) is 5.20. The summed E-state index contributed by atoms with van der Waals surface area (Å²) in [6, 6.07) is 6.27. The molecule has 22 heavy (non-hydrogen) atoms. The molecule has 4 heteroatoms. The highest BCUT2D eigenvalue weighted by molar-refractivity contribution is 5.75. The number of fused-ring (bicyclic) bond motifs is 1. The Kier molecular flexibility index (Phi) is 4.03. The van der Waals surface area contributed by atoms with Crippen LogP contribution in [0.1, 0.15) is 52.7 Å². The first-order valence-corrected chi connectivity index (χ1v) is 7.72. The van der Waals surface area contributed by atoms with E-state index in [4.69, 9.17) is 4.74 Å². The van der Waals surface area contributed by atoms with Gasteiger partial charge in [-0.2, -0.15) is 0 Å². The minimum atomic E-state index is -0.859. The molecule has 0 unspecified atom stereocenters. The maximum atomic E-state index is 11.4. The van der Waals surface area contributed by atoms with Gasteiger partial charge in [-0.3, -0.25) is 4.79 Å². The van der Waals surface area contributed by atoms with E-state index in [9.17, 15) is 9.90 Å². The Labute approximate surface area is 132 Å². The summed E-state index contributed by atoms with van der Waals surface area (Å²) in [5.41, 5.74) is 1.01. The lowest BCUT2D eigenvalue weighted by molar-refractivity contribution is -0.151. The fraction of sp³-hybridized carbons (Fsp3) is 0.611. The zero-order valence-corrected chi connectivity index (χ0v) is 14.4. The molecule has 4 nitrogen and oxygen atoms in total. The van der Waals surface area contributed by atoms with E-state index in [-0.39, 0.29) is 5.41 Å². The monoisotopic (exact) mass is 305 g/mol. The van der Waals surface area contributed by atoms with Crippen molar-refractivity contribution in [2.45, 2.75) is 59.0 Å². The predicted octanol–water partition coefficient (Wildman–Crippen LogP) is 3.34. The Bertz CT molecular complexity index is 588. The fourth-order valence-electron chi connectivity index (χ4n) is 2.50. The van der Waals surface area contributed by atoms with E-state index in [1.807, 2.05) is 13.8 Å². The standard InChI is InChI=1S/C18H27NO3/c1-16(2)11-22-14-9-12(7-8-13(14)16)10-19-18(5,6)17(3,4)15(20)21/h7-9,19H,10-11H2,1-6H3,(H,20,21). The highest BCUT2D eigenvalue weighted by atomic mass is 16.5. The summed E-state index contributed by atoms with van der Waals surface area (Å²) in [7, 11) is 0. The lowest BCUT2D eigenvalue weighted by Crippen LogP contribution is -2.54. The van der Waals surface area contributed by atoms with Crippen LogP contribution in [0.4, 0.5) is 0 Å². The molecule has 122 valence electrons. The molecule has 0 amide bonds. The summed E-state index contributed by atoms with van der Waals surface area (Å²) in [5.74, 6) is 0.142. The van der Waals surface area contributed by atoms with Crippen LogP contribution < -0.4 is 10.1 Å². The van der Waals surface area contributed by atoms with Gasteiger partial charge < -0.3 is 15.2 Å². The highest BCUT2D eigenvalue weighted by Gasteiger charge is 2.43. The van der Waals surface area contributed by atoms with Gasteiger partial charge in [0.1, 0.15) is 5.75 Å². The van der Waals surface area contributed by atoms with Gasteiger partial charge in [-0.15, -0.1) is 0 Å². The molecule has 0 radical (unpaired) electrons. The minimum absolute atomic E-state index is 0.0614. The van der Waals surface area contributed by atoms with Crippen LogP contribution in [0.15, 0.2) is 18.2 Å². The lowest BCUT2D eigenvalue weighted by Gasteiger charge is -2.39. The van der Waals surface area contributed by atoms with Crippen molar-refractivity contribution in [2.75, 3.05) is 6.61 Å². The first kappa shape index (κ1) is 16.8. The number of nitrogens with one attached hydrogen (secondary N) is 1. The predicted molar refractivity (Wildman–Crippen MR) is 87.3 cm³/mol. The second-order valence-electron chi connectivity index (χ2n) is 7.91. The van der Waals surface area contributed by atoms with Gasteiger partial charge in [0, 0.05) is 23.1 Å². The Morgan fingerprint density at radius 2 is 1.95 bits per heavy atom. The highest BCUT2D eigenvalue weighted by Crippen LogP contribution is 2.39. The molecule has 2 rings (SSSR count). The van der Waals surface area contributed by atoms with Gasteiger partial charge in [0.15, 0.2) is 0 Å². The summed E-state index contributed by atoms with van der Waals surface area (Å²) >= 11 is 0. The van der Waals surface area contributed by atoms with E-state index >= 15 is 0 Å². The Hall–Kier alpha value is -1.55. The number of carbonyl (C=O) groups is 1. The molecule has 1 heterocycles. The van der Waals surface area contributed by atoms with Crippen LogP contribution in [0.3, 0.4) is 0 Å². The van der Waals surface area contributed by atoms with Crippen LogP contribution in [0, 0.1) is 5.41 Å². The zero-order valence-electron chi connectivity index (χ0n) is 14.4. The van der Waals surface area contributed by atoms with Gasteiger partial charge in [0.25, 0.3) is 0 Å².